The maximum absolute atomic E-state index is 12.0. The first-order valence-corrected chi connectivity index (χ1v) is 7.85. The van der Waals surface area contributed by atoms with E-state index in [0.717, 1.165) is 22.0 Å². The van der Waals surface area contributed by atoms with Gasteiger partial charge in [0.15, 0.2) is 12.2 Å². The van der Waals surface area contributed by atoms with E-state index in [1.165, 1.54) is 0 Å². The van der Waals surface area contributed by atoms with Gasteiger partial charge in [0.1, 0.15) is 5.52 Å². The van der Waals surface area contributed by atoms with Crippen LogP contribution in [-0.2, 0) is 22.6 Å². The molecule has 0 spiro atoms. The number of hydrogen-bond acceptors (Lipinski definition) is 4. The van der Waals surface area contributed by atoms with Crippen LogP contribution >= 0.6 is 0 Å². The molecular weight excluding hydrogens is 304 g/mol. The molecule has 0 fully saturated rings. The van der Waals surface area contributed by atoms with Crippen molar-refractivity contribution in [1.82, 2.24) is 9.97 Å². The molecule has 24 heavy (non-hydrogen) atoms. The number of benzene rings is 2. The highest BCUT2D eigenvalue weighted by molar-refractivity contribution is 5.83. The number of carbonyl (C=O) groups is 1. The van der Waals surface area contributed by atoms with Gasteiger partial charge in [-0.15, -0.1) is 0 Å². The van der Waals surface area contributed by atoms with E-state index in [2.05, 4.69) is 9.97 Å². The highest BCUT2D eigenvalue weighted by Crippen LogP contribution is 2.19. The number of aromatic amines is 1. The Kier molecular flexibility index (Phi) is 3.75. The third kappa shape index (κ3) is 2.88. The molecule has 2 heterocycles. The van der Waals surface area contributed by atoms with Gasteiger partial charge < -0.3 is 14.1 Å². The quantitative estimate of drug-likeness (QED) is 0.565. The fourth-order valence-electron chi connectivity index (χ4n) is 2.77. The summed E-state index contributed by atoms with van der Waals surface area (Å²) in [4.78, 5) is 19.5. The van der Waals surface area contributed by atoms with Crippen LogP contribution in [0.3, 0.4) is 0 Å². The number of esters is 1. The predicted octanol–water partition coefficient (Wildman–Crippen LogP) is 3.99. The minimum Gasteiger partial charge on any atom is -0.456 e. The number of para-hydroxylation sites is 3. The zero-order valence-electron chi connectivity index (χ0n) is 13.0. The van der Waals surface area contributed by atoms with Gasteiger partial charge in [-0.3, -0.25) is 4.79 Å². The van der Waals surface area contributed by atoms with Crippen molar-refractivity contribution in [1.29, 1.82) is 0 Å². The lowest BCUT2D eigenvalue weighted by atomic mass is 10.1. The fraction of sp³-hybridized carbons (Fsp3) is 0.158. The second-order valence-electron chi connectivity index (χ2n) is 5.60. The van der Waals surface area contributed by atoms with Crippen molar-refractivity contribution in [2.24, 2.45) is 0 Å². The lowest BCUT2D eigenvalue weighted by Crippen LogP contribution is -2.06. The van der Waals surface area contributed by atoms with Gasteiger partial charge in [-0.05, 0) is 30.2 Å². The van der Waals surface area contributed by atoms with Crippen molar-refractivity contribution in [3.8, 4) is 0 Å². The number of aromatic nitrogens is 2. The summed E-state index contributed by atoms with van der Waals surface area (Å²) >= 11 is 0. The first kappa shape index (κ1) is 14.5. The molecule has 0 amide bonds. The lowest BCUT2D eigenvalue weighted by molar-refractivity contribution is -0.145. The van der Waals surface area contributed by atoms with Gasteiger partial charge >= 0.3 is 5.97 Å². The summed E-state index contributed by atoms with van der Waals surface area (Å²) in [6.07, 6.45) is 2.90. The molecule has 0 saturated carbocycles. The Hall–Kier alpha value is -3.08. The summed E-state index contributed by atoms with van der Waals surface area (Å²) in [5.41, 5.74) is 3.65. The number of rotatable bonds is 5. The normalized spacial score (nSPS) is 11.2. The van der Waals surface area contributed by atoms with Crippen molar-refractivity contribution in [2.75, 3.05) is 0 Å². The molecule has 5 nitrogen and oxygen atoms in total. The van der Waals surface area contributed by atoms with Crippen LogP contribution < -0.4 is 0 Å². The van der Waals surface area contributed by atoms with Crippen molar-refractivity contribution in [3.05, 3.63) is 66.2 Å². The topological polar surface area (TPSA) is 68.1 Å². The van der Waals surface area contributed by atoms with Crippen molar-refractivity contribution in [3.63, 3.8) is 0 Å². The maximum Gasteiger partial charge on any atom is 0.306 e. The van der Waals surface area contributed by atoms with Crippen LogP contribution in [0.4, 0.5) is 0 Å². The number of carbonyl (C=O) groups excluding carboxylic acids is 1. The number of hydrogen-bond donors (Lipinski definition) is 1. The van der Waals surface area contributed by atoms with Crippen molar-refractivity contribution >= 4 is 28.0 Å². The zero-order chi connectivity index (χ0) is 16.4. The summed E-state index contributed by atoms with van der Waals surface area (Å²) < 4.78 is 10.8. The average Bonchev–Trinajstić information content (AvgIpc) is 3.21. The second-order valence-corrected chi connectivity index (χ2v) is 5.60. The van der Waals surface area contributed by atoms with Gasteiger partial charge in [-0.1, -0.05) is 30.3 Å². The van der Waals surface area contributed by atoms with Crippen LogP contribution in [0.25, 0.3) is 22.0 Å². The molecule has 2 aromatic carbocycles. The first-order valence-electron chi connectivity index (χ1n) is 7.85. The molecule has 1 N–H and O–H groups in total. The van der Waals surface area contributed by atoms with Crippen LogP contribution in [0, 0.1) is 0 Å². The van der Waals surface area contributed by atoms with Crippen molar-refractivity contribution < 1.29 is 13.9 Å². The van der Waals surface area contributed by atoms with Crippen LogP contribution in [0.2, 0.25) is 0 Å². The molecule has 0 aliphatic rings. The molecule has 0 saturated heterocycles. The number of ether oxygens (including phenoxy) is 1. The van der Waals surface area contributed by atoms with Crippen LogP contribution in [0.15, 0.2) is 59.1 Å². The molecule has 5 heteroatoms. The van der Waals surface area contributed by atoms with Gasteiger partial charge in [-0.25, -0.2) is 4.98 Å². The first-order chi connectivity index (χ1) is 11.8. The molecule has 0 radical (unpaired) electrons. The van der Waals surface area contributed by atoms with E-state index in [4.69, 9.17) is 9.15 Å². The average molecular weight is 320 g/mol. The Morgan fingerprint density at radius 3 is 2.88 bits per heavy atom. The molecule has 120 valence electrons. The molecule has 0 bridgehead atoms. The Morgan fingerprint density at radius 2 is 1.96 bits per heavy atom. The molecule has 4 aromatic rings. The zero-order valence-corrected chi connectivity index (χ0v) is 13.0. The predicted molar refractivity (Wildman–Crippen MR) is 90.4 cm³/mol. The van der Waals surface area contributed by atoms with Crippen LogP contribution in [0.5, 0.6) is 0 Å². The van der Waals surface area contributed by atoms with Gasteiger partial charge in [0, 0.05) is 23.5 Å². The Morgan fingerprint density at radius 1 is 1.12 bits per heavy atom. The molecule has 0 unspecified atom stereocenters. The SMILES string of the molecule is O=C(CCc1c[nH]c2ccccc12)OCc1nc2ccccc2o1. The van der Waals surface area contributed by atoms with Gasteiger partial charge in [0.25, 0.3) is 0 Å². The highest BCUT2D eigenvalue weighted by Gasteiger charge is 2.10. The van der Waals surface area contributed by atoms with Crippen molar-refractivity contribution in [2.45, 2.75) is 19.4 Å². The highest BCUT2D eigenvalue weighted by atomic mass is 16.5. The number of nitrogens with zero attached hydrogens (tertiary/aromatic N) is 1. The van der Waals surface area contributed by atoms with E-state index >= 15 is 0 Å². The largest absolute Gasteiger partial charge is 0.456 e. The Labute approximate surface area is 138 Å². The fourth-order valence-corrected chi connectivity index (χ4v) is 2.77. The van der Waals surface area contributed by atoms with E-state index < -0.39 is 0 Å². The summed E-state index contributed by atoms with van der Waals surface area (Å²) in [5, 5.41) is 1.14. The molecule has 0 aliphatic heterocycles. The van der Waals surface area contributed by atoms with Gasteiger partial charge in [-0.2, -0.15) is 0 Å². The Balaban J connectivity index is 1.35. The van der Waals surface area contributed by atoms with Gasteiger partial charge in [0.2, 0.25) is 5.89 Å². The third-order valence-corrected chi connectivity index (χ3v) is 3.97. The molecular formula is C19H16N2O3. The number of aryl methyl sites for hydroxylation is 1. The van der Waals surface area contributed by atoms with E-state index in [1.54, 1.807) is 0 Å². The van der Waals surface area contributed by atoms with Crippen LogP contribution in [0.1, 0.15) is 17.9 Å². The van der Waals surface area contributed by atoms with Crippen LogP contribution in [-0.4, -0.2) is 15.9 Å². The van der Waals surface area contributed by atoms with E-state index in [1.807, 2.05) is 54.7 Å². The monoisotopic (exact) mass is 320 g/mol. The minimum atomic E-state index is -0.262. The van der Waals surface area contributed by atoms with Gasteiger partial charge in [0.05, 0.1) is 0 Å². The summed E-state index contributed by atoms with van der Waals surface area (Å²) in [7, 11) is 0. The molecule has 0 aliphatic carbocycles. The summed E-state index contributed by atoms with van der Waals surface area (Å²) in [5.74, 6) is 0.152. The summed E-state index contributed by atoms with van der Waals surface area (Å²) in [6.45, 7) is 0.0569. The molecule has 0 atom stereocenters. The van der Waals surface area contributed by atoms with E-state index in [-0.39, 0.29) is 12.6 Å². The summed E-state index contributed by atoms with van der Waals surface area (Å²) in [6, 6.07) is 15.5. The lowest BCUT2D eigenvalue weighted by Gasteiger charge is -2.02. The second kappa shape index (κ2) is 6.20. The standard InChI is InChI=1S/C19H16N2O3/c22-19(10-9-13-11-20-15-6-2-1-5-14(13)15)23-12-18-21-16-7-3-4-8-17(16)24-18/h1-8,11,20H,9-10,12H2. The number of oxazole rings is 1. The number of nitrogens with one attached hydrogen (secondary N) is 1. The Bertz CT molecular complexity index is 967. The minimum absolute atomic E-state index is 0.0569. The smallest absolute Gasteiger partial charge is 0.306 e. The maximum atomic E-state index is 12.0. The molecule has 4 rings (SSSR count). The third-order valence-electron chi connectivity index (χ3n) is 3.97. The van der Waals surface area contributed by atoms with E-state index in [9.17, 15) is 4.79 Å². The number of fused-ring (bicyclic) bond motifs is 2. The molecule has 2 aromatic heterocycles. The van der Waals surface area contributed by atoms with E-state index in [0.29, 0.717) is 24.3 Å². The number of H-pyrrole nitrogens is 1.